The first-order valence-corrected chi connectivity index (χ1v) is 8.82. The highest BCUT2D eigenvalue weighted by molar-refractivity contribution is 5.79. The molecule has 0 radical (unpaired) electrons. The molecule has 3 unspecified atom stereocenters. The number of benzene rings is 1. The summed E-state index contributed by atoms with van der Waals surface area (Å²) in [5.74, 6) is 0.680. The highest BCUT2D eigenvalue weighted by Crippen LogP contribution is 2.33. The van der Waals surface area contributed by atoms with Gasteiger partial charge in [-0.3, -0.25) is 4.79 Å². The lowest BCUT2D eigenvalue weighted by Crippen LogP contribution is -2.41. The molecule has 3 atom stereocenters. The van der Waals surface area contributed by atoms with Crippen LogP contribution < -0.4 is 5.32 Å². The number of carbonyl (C=O) groups is 1. The SMILES string of the molecule is Cc1ccccc1C1CC(C)N(C(=O)CNCC2CCCO2)C1. The molecule has 2 saturated heterocycles. The Hall–Kier alpha value is -1.39. The van der Waals surface area contributed by atoms with Crippen LogP contribution in [0, 0.1) is 6.92 Å². The Morgan fingerprint density at radius 2 is 2.22 bits per heavy atom. The van der Waals surface area contributed by atoms with Crippen LogP contribution in [0.4, 0.5) is 0 Å². The summed E-state index contributed by atoms with van der Waals surface area (Å²) in [5, 5.41) is 3.27. The van der Waals surface area contributed by atoms with Crippen molar-refractivity contribution in [1.29, 1.82) is 0 Å². The van der Waals surface area contributed by atoms with Crippen molar-refractivity contribution < 1.29 is 9.53 Å². The molecule has 3 rings (SSSR count). The van der Waals surface area contributed by atoms with Gasteiger partial charge in [0.2, 0.25) is 5.91 Å². The third-order valence-corrected chi connectivity index (χ3v) is 5.20. The van der Waals surface area contributed by atoms with Gasteiger partial charge < -0.3 is 15.0 Å². The molecule has 0 spiro atoms. The van der Waals surface area contributed by atoms with Gasteiger partial charge in [0.25, 0.3) is 0 Å². The van der Waals surface area contributed by atoms with Crippen molar-refractivity contribution in [3.63, 3.8) is 0 Å². The molecule has 4 nitrogen and oxygen atoms in total. The highest BCUT2D eigenvalue weighted by Gasteiger charge is 2.33. The zero-order valence-corrected chi connectivity index (χ0v) is 14.3. The molecule has 23 heavy (non-hydrogen) atoms. The van der Waals surface area contributed by atoms with Crippen LogP contribution in [0.3, 0.4) is 0 Å². The molecule has 2 heterocycles. The van der Waals surface area contributed by atoms with Crippen LogP contribution in [0.5, 0.6) is 0 Å². The third-order valence-electron chi connectivity index (χ3n) is 5.20. The Kier molecular flexibility index (Phi) is 5.34. The van der Waals surface area contributed by atoms with E-state index < -0.39 is 0 Å². The largest absolute Gasteiger partial charge is 0.377 e. The van der Waals surface area contributed by atoms with Gasteiger partial charge >= 0.3 is 0 Å². The maximum atomic E-state index is 12.5. The molecule has 1 amide bonds. The van der Waals surface area contributed by atoms with E-state index in [-0.39, 0.29) is 5.91 Å². The second kappa shape index (κ2) is 7.45. The van der Waals surface area contributed by atoms with Gasteiger partial charge in [-0.05, 0) is 44.2 Å². The minimum atomic E-state index is 0.214. The lowest BCUT2D eigenvalue weighted by Gasteiger charge is -2.22. The number of nitrogens with zero attached hydrogens (tertiary/aromatic N) is 1. The zero-order chi connectivity index (χ0) is 16.2. The minimum Gasteiger partial charge on any atom is -0.377 e. The van der Waals surface area contributed by atoms with Gasteiger partial charge in [0.1, 0.15) is 0 Å². The predicted octanol–water partition coefficient (Wildman–Crippen LogP) is 2.47. The Morgan fingerprint density at radius 3 is 2.96 bits per heavy atom. The minimum absolute atomic E-state index is 0.214. The van der Waals surface area contributed by atoms with Gasteiger partial charge in [0.05, 0.1) is 12.6 Å². The summed E-state index contributed by atoms with van der Waals surface area (Å²) < 4.78 is 5.58. The first kappa shape index (κ1) is 16.5. The monoisotopic (exact) mass is 316 g/mol. The molecule has 4 heteroatoms. The first-order chi connectivity index (χ1) is 11.1. The van der Waals surface area contributed by atoms with E-state index in [9.17, 15) is 4.79 Å². The van der Waals surface area contributed by atoms with Crippen molar-refractivity contribution in [3.05, 3.63) is 35.4 Å². The number of hydrogen-bond donors (Lipinski definition) is 1. The van der Waals surface area contributed by atoms with Gasteiger partial charge in [-0.25, -0.2) is 0 Å². The zero-order valence-electron chi connectivity index (χ0n) is 14.3. The fourth-order valence-corrected chi connectivity index (χ4v) is 3.90. The van der Waals surface area contributed by atoms with Crippen LogP contribution >= 0.6 is 0 Å². The van der Waals surface area contributed by atoms with Crippen molar-refractivity contribution in [1.82, 2.24) is 10.2 Å². The number of aryl methyl sites for hydroxylation is 1. The lowest BCUT2D eigenvalue weighted by atomic mass is 9.93. The van der Waals surface area contributed by atoms with Gasteiger partial charge in [-0.2, -0.15) is 0 Å². The van der Waals surface area contributed by atoms with Crippen molar-refractivity contribution in [2.45, 2.75) is 51.2 Å². The van der Waals surface area contributed by atoms with Gasteiger partial charge in [-0.15, -0.1) is 0 Å². The quantitative estimate of drug-likeness (QED) is 0.907. The van der Waals surface area contributed by atoms with Gasteiger partial charge in [0, 0.05) is 31.7 Å². The molecular formula is C19H28N2O2. The van der Waals surface area contributed by atoms with Gasteiger partial charge in [0.15, 0.2) is 0 Å². The predicted molar refractivity (Wildman–Crippen MR) is 91.6 cm³/mol. The van der Waals surface area contributed by atoms with E-state index in [2.05, 4.69) is 43.4 Å². The normalized spacial score (nSPS) is 27.6. The summed E-state index contributed by atoms with van der Waals surface area (Å²) in [6, 6.07) is 8.86. The van der Waals surface area contributed by atoms with Crippen LogP contribution in [0.15, 0.2) is 24.3 Å². The highest BCUT2D eigenvalue weighted by atomic mass is 16.5. The molecule has 0 saturated carbocycles. The molecule has 1 aromatic carbocycles. The molecule has 2 fully saturated rings. The van der Waals surface area contributed by atoms with E-state index in [0.717, 1.165) is 39.0 Å². The standard InChI is InChI=1S/C19H28N2O2/c1-14-6-3-4-8-18(14)16-10-15(2)21(13-16)19(22)12-20-11-17-7-5-9-23-17/h3-4,6,8,15-17,20H,5,7,9-13H2,1-2H3. The average Bonchev–Trinajstić information content (AvgIpc) is 3.17. The first-order valence-electron chi connectivity index (χ1n) is 8.82. The van der Waals surface area contributed by atoms with E-state index in [1.807, 2.05) is 4.90 Å². The Bertz CT molecular complexity index is 540. The summed E-state index contributed by atoms with van der Waals surface area (Å²) in [7, 11) is 0. The lowest BCUT2D eigenvalue weighted by molar-refractivity contribution is -0.130. The van der Waals surface area contributed by atoms with Crippen LogP contribution in [0.1, 0.15) is 43.2 Å². The van der Waals surface area contributed by atoms with Crippen molar-refractivity contribution in [3.8, 4) is 0 Å². The fraction of sp³-hybridized carbons (Fsp3) is 0.632. The number of amides is 1. The van der Waals surface area contributed by atoms with Gasteiger partial charge in [-0.1, -0.05) is 24.3 Å². The maximum absolute atomic E-state index is 12.5. The Morgan fingerprint density at radius 1 is 1.39 bits per heavy atom. The fourth-order valence-electron chi connectivity index (χ4n) is 3.90. The number of rotatable bonds is 5. The Balaban J connectivity index is 1.51. The summed E-state index contributed by atoms with van der Waals surface area (Å²) in [6.07, 6.45) is 3.60. The molecular weight excluding hydrogens is 288 g/mol. The van der Waals surface area contributed by atoms with Crippen molar-refractivity contribution in [2.24, 2.45) is 0 Å². The summed E-state index contributed by atoms with van der Waals surface area (Å²) in [6.45, 7) is 7.23. The molecule has 0 aliphatic carbocycles. The number of nitrogens with one attached hydrogen (secondary N) is 1. The van der Waals surface area contributed by atoms with E-state index in [4.69, 9.17) is 4.74 Å². The summed E-state index contributed by atoms with van der Waals surface area (Å²) >= 11 is 0. The average molecular weight is 316 g/mol. The molecule has 1 N–H and O–H groups in total. The number of ether oxygens (including phenoxy) is 1. The second-order valence-corrected chi connectivity index (χ2v) is 6.95. The second-order valence-electron chi connectivity index (χ2n) is 6.95. The maximum Gasteiger partial charge on any atom is 0.236 e. The van der Waals surface area contributed by atoms with E-state index >= 15 is 0 Å². The molecule has 2 aliphatic heterocycles. The van der Waals surface area contributed by atoms with Crippen LogP contribution in [0.2, 0.25) is 0 Å². The molecule has 1 aromatic rings. The van der Waals surface area contributed by atoms with Crippen LogP contribution in [0.25, 0.3) is 0 Å². The molecule has 126 valence electrons. The number of carbonyl (C=O) groups excluding carboxylic acids is 1. The summed E-state index contributed by atoms with van der Waals surface area (Å²) in [4.78, 5) is 14.6. The smallest absolute Gasteiger partial charge is 0.236 e. The number of hydrogen-bond acceptors (Lipinski definition) is 3. The Labute approximate surface area is 139 Å². The molecule has 0 aromatic heterocycles. The molecule has 2 aliphatic rings. The van der Waals surface area contributed by atoms with Crippen molar-refractivity contribution in [2.75, 3.05) is 26.2 Å². The summed E-state index contributed by atoms with van der Waals surface area (Å²) in [5.41, 5.74) is 2.72. The van der Waals surface area contributed by atoms with E-state index in [0.29, 0.717) is 24.6 Å². The topological polar surface area (TPSA) is 41.6 Å². The molecule has 0 bridgehead atoms. The number of likely N-dealkylation sites (tertiary alicyclic amines) is 1. The van der Waals surface area contributed by atoms with E-state index in [1.165, 1.54) is 11.1 Å². The van der Waals surface area contributed by atoms with E-state index in [1.54, 1.807) is 0 Å². The van der Waals surface area contributed by atoms with Crippen LogP contribution in [-0.4, -0.2) is 49.2 Å². The van der Waals surface area contributed by atoms with Crippen LogP contribution in [-0.2, 0) is 9.53 Å². The third kappa shape index (κ3) is 3.93. The van der Waals surface area contributed by atoms with Crippen molar-refractivity contribution >= 4 is 5.91 Å².